The fourth-order valence-electron chi connectivity index (χ4n) is 9.66. The van der Waals surface area contributed by atoms with E-state index in [1.54, 1.807) is 0 Å². The number of hydrogen-bond acceptors (Lipinski definition) is 15. The molecule has 5 amide bonds. The Morgan fingerprint density at radius 3 is 1.84 bits per heavy atom. The number of carbonyl (C=O) groups excluding carboxylic acids is 5. The van der Waals surface area contributed by atoms with E-state index in [0.717, 1.165) is 52.4 Å². The highest BCUT2D eigenvalue weighted by molar-refractivity contribution is 5.93. The van der Waals surface area contributed by atoms with E-state index < -0.39 is 140 Å². The maximum absolute atomic E-state index is 13.7. The Labute approximate surface area is 335 Å². The molecule has 13 atom stereocenters. The number of carbonyl (C=O) groups is 6. The van der Waals surface area contributed by atoms with Gasteiger partial charge in [0.05, 0.1) is 13.2 Å². The molecule has 21 nitrogen and oxygen atoms in total. The molecule has 2 saturated heterocycles. The van der Waals surface area contributed by atoms with Crippen LogP contribution in [0.3, 0.4) is 0 Å². The maximum Gasteiger partial charge on any atom is 0.303 e. The molecule has 2 aliphatic heterocycles. The molecule has 4 aliphatic carbocycles. The first-order valence-corrected chi connectivity index (χ1v) is 19.9. The third kappa shape index (κ3) is 10.8. The lowest BCUT2D eigenvalue weighted by atomic mass is 9.53. The molecule has 1 unspecified atom stereocenters. The largest absolute Gasteiger partial charge is 0.481 e. The number of hydrogen-bond donors (Lipinski definition) is 11. The van der Waals surface area contributed by atoms with Gasteiger partial charge in [-0.25, -0.2) is 0 Å². The number of carboxylic acid groups (broad SMARTS) is 1. The SMILES string of the molecule is CC(=O)N[C@H]1[C@H](O[C@H]2[C@H](O[C@H](C)C(=O)N[C@@H](C)C(=O)N[C@H](CCC(=O)O)C(=O)NC34CC5CC(CC(C5)C3)C4)[C@@H](NC(C)=O)C(O)O[C@@H]2CO)O[C@H](CO)[C@@H](O)[C@@H]1O. The number of ether oxygens (including phenoxy) is 4. The first kappa shape index (κ1) is 45.5. The Bertz CT molecular complexity index is 1480. The van der Waals surface area contributed by atoms with E-state index in [-0.39, 0.29) is 6.42 Å². The minimum atomic E-state index is -1.82. The topological polar surface area (TPSA) is 321 Å². The summed E-state index contributed by atoms with van der Waals surface area (Å²) in [6.45, 7) is 3.28. The van der Waals surface area contributed by atoms with Crippen LogP contribution in [-0.2, 0) is 47.7 Å². The van der Waals surface area contributed by atoms with E-state index >= 15 is 0 Å². The lowest BCUT2D eigenvalue weighted by Gasteiger charge is -2.57. The van der Waals surface area contributed by atoms with Crippen molar-refractivity contribution < 1.29 is 78.4 Å². The van der Waals surface area contributed by atoms with Gasteiger partial charge >= 0.3 is 5.97 Å². The fraction of sp³-hybridized carbons (Fsp3) is 0.838. The minimum Gasteiger partial charge on any atom is -0.481 e. The Morgan fingerprint density at radius 1 is 0.741 bits per heavy atom. The van der Waals surface area contributed by atoms with Crippen molar-refractivity contribution in [1.82, 2.24) is 26.6 Å². The Morgan fingerprint density at radius 2 is 1.31 bits per heavy atom. The number of nitrogens with one attached hydrogen (secondary N) is 5. The highest BCUT2D eigenvalue weighted by atomic mass is 16.7. The molecule has 6 rings (SSSR count). The van der Waals surface area contributed by atoms with Crippen LogP contribution < -0.4 is 26.6 Å². The molecule has 11 N–H and O–H groups in total. The summed E-state index contributed by atoms with van der Waals surface area (Å²) in [6, 6.07) is -5.39. The van der Waals surface area contributed by atoms with E-state index in [0.29, 0.717) is 17.8 Å². The second-order valence-electron chi connectivity index (χ2n) is 16.7. The average molecular weight is 830 g/mol. The summed E-state index contributed by atoms with van der Waals surface area (Å²) in [5, 5.41) is 74.7. The molecule has 2 heterocycles. The van der Waals surface area contributed by atoms with Crippen molar-refractivity contribution in [2.45, 2.75) is 164 Å². The van der Waals surface area contributed by atoms with Crippen LogP contribution in [0, 0.1) is 17.8 Å². The van der Waals surface area contributed by atoms with Crippen molar-refractivity contribution in [3.8, 4) is 0 Å². The number of aliphatic carboxylic acids is 1. The number of aliphatic hydroxyl groups excluding tert-OH is 5. The van der Waals surface area contributed by atoms with Gasteiger partial charge < -0.3 is 76.2 Å². The van der Waals surface area contributed by atoms with Crippen molar-refractivity contribution >= 4 is 35.5 Å². The fourth-order valence-corrected chi connectivity index (χ4v) is 9.66. The van der Waals surface area contributed by atoms with Gasteiger partial charge in [-0.05, 0) is 76.5 Å². The lowest BCUT2D eigenvalue weighted by molar-refractivity contribution is -0.333. The molecule has 0 aromatic rings. The highest BCUT2D eigenvalue weighted by Crippen LogP contribution is 2.55. The molecule has 6 fully saturated rings. The first-order valence-electron chi connectivity index (χ1n) is 19.9. The van der Waals surface area contributed by atoms with Crippen LogP contribution in [0.1, 0.15) is 79.1 Å². The van der Waals surface area contributed by atoms with Crippen LogP contribution >= 0.6 is 0 Å². The Kier molecular flexibility index (Phi) is 15.1. The zero-order valence-corrected chi connectivity index (χ0v) is 33.1. The monoisotopic (exact) mass is 829 g/mol. The molecule has 0 spiro atoms. The molecular formula is C37H59N5O16. The number of aliphatic hydroxyl groups is 5. The third-order valence-electron chi connectivity index (χ3n) is 11.9. The van der Waals surface area contributed by atoms with Crippen LogP contribution in [-0.4, -0.2) is 164 Å². The summed E-state index contributed by atoms with van der Waals surface area (Å²) in [7, 11) is 0. The van der Waals surface area contributed by atoms with Gasteiger partial charge in [-0.15, -0.1) is 0 Å². The van der Waals surface area contributed by atoms with Crippen molar-refractivity contribution in [1.29, 1.82) is 0 Å². The minimum absolute atomic E-state index is 0.188. The number of rotatable bonds is 17. The van der Waals surface area contributed by atoms with E-state index in [1.165, 1.54) is 13.8 Å². The summed E-state index contributed by atoms with van der Waals surface area (Å²) in [6.07, 6.45) is -8.91. The Balaban J connectivity index is 1.29. The van der Waals surface area contributed by atoms with E-state index in [9.17, 15) is 59.4 Å². The predicted molar refractivity (Wildman–Crippen MR) is 196 cm³/mol. The maximum atomic E-state index is 13.7. The molecule has 328 valence electrons. The molecular weight excluding hydrogens is 770 g/mol. The van der Waals surface area contributed by atoms with Gasteiger partial charge in [-0.3, -0.25) is 28.8 Å². The van der Waals surface area contributed by atoms with Gasteiger partial charge in [0.2, 0.25) is 29.5 Å². The van der Waals surface area contributed by atoms with E-state index in [2.05, 4.69) is 26.6 Å². The van der Waals surface area contributed by atoms with Gasteiger partial charge in [0, 0.05) is 25.8 Å². The van der Waals surface area contributed by atoms with Crippen LogP contribution in [0.2, 0.25) is 0 Å². The summed E-state index contributed by atoms with van der Waals surface area (Å²) >= 11 is 0. The van der Waals surface area contributed by atoms with Crippen molar-refractivity contribution in [2.24, 2.45) is 17.8 Å². The molecule has 0 radical (unpaired) electrons. The first-order chi connectivity index (χ1) is 27.3. The molecule has 4 bridgehead atoms. The number of carboxylic acids is 1. The molecule has 58 heavy (non-hydrogen) atoms. The van der Waals surface area contributed by atoms with Gasteiger partial charge in [-0.1, -0.05) is 0 Å². The van der Waals surface area contributed by atoms with E-state index in [1.807, 2.05) is 0 Å². The second kappa shape index (κ2) is 19.2. The van der Waals surface area contributed by atoms with Crippen LogP contribution in [0.4, 0.5) is 0 Å². The molecule has 0 aromatic carbocycles. The van der Waals surface area contributed by atoms with Crippen LogP contribution in [0.25, 0.3) is 0 Å². The molecule has 4 saturated carbocycles. The predicted octanol–water partition coefficient (Wildman–Crippen LogP) is -3.76. The molecule has 6 aliphatic rings. The van der Waals surface area contributed by atoms with Gasteiger partial charge in [0.25, 0.3) is 0 Å². The Hall–Kier alpha value is -3.54. The van der Waals surface area contributed by atoms with Crippen LogP contribution in [0.5, 0.6) is 0 Å². The molecule has 0 aromatic heterocycles. The summed E-state index contributed by atoms with van der Waals surface area (Å²) in [5.74, 6) is -3.07. The highest BCUT2D eigenvalue weighted by Gasteiger charge is 2.54. The average Bonchev–Trinajstić information content (AvgIpc) is 3.13. The zero-order chi connectivity index (χ0) is 42.6. The van der Waals surface area contributed by atoms with Gasteiger partial charge in [0.15, 0.2) is 12.6 Å². The summed E-state index contributed by atoms with van der Waals surface area (Å²) < 4.78 is 23.4. The second-order valence-corrected chi connectivity index (χ2v) is 16.7. The van der Waals surface area contributed by atoms with Crippen molar-refractivity contribution in [3.05, 3.63) is 0 Å². The van der Waals surface area contributed by atoms with Gasteiger partial charge in [-0.2, -0.15) is 0 Å². The van der Waals surface area contributed by atoms with Gasteiger partial charge in [0.1, 0.15) is 66.9 Å². The third-order valence-corrected chi connectivity index (χ3v) is 11.9. The number of amides is 5. The zero-order valence-electron chi connectivity index (χ0n) is 33.1. The van der Waals surface area contributed by atoms with Crippen LogP contribution in [0.15, 0.2) is 0 Å². The van der Waals surface area contributed by atoms with Crippen molar-refractivity contribution in [2.75, 3.05) is 13.2 Å². The summed E-state index contributed by atoms with van der Waals surface area (Å²) in [4.78, 5) is 76.5. The quantitative estimate of drug-likeness (QED) is 0.0671. The molecule has 21 heteroatoms. The summed E-state index contributed by atoms with van der Waals surface area (Å²) in [5.41, 5.74) is -0.399. The van der Waals surface area contributed by atoms with Crippen molar-refractivity contribution in [3.63, 3.8) is 0 Å². The normalized spacial score (nSPS) is 38.1. The standard InChI is InChI=1S/C37H59N5O16/c1-15(32(51)41-22(5-6-25(47)48)34(53)42-37-10-19-7-20(11-37)9-21(8-19)12-37)38-33(52)16(2)55-31-27(40-18(4)46)35(54)56-24(14-44)30(31)58-36-26(39-17(3)45)29(50)28(49)23(13-43)57-36/h15-16,19-24,26-31,35-36,43-44,49-50,54H,5-14H2,1-4H3,(H,38,52)(H,39,45)(H,40,46)(H,41,51)(H,42,53)(H,47,48)/t15-,16+,19?,20?,21?,22+,23+,24+,26+,27+,28+,29+,30+,31+,35?,36-,37?/m0/s1. The van der Waals surface area contributed by atoms with E-state index in [4.69, 9.17) is 18.9 Å². The smallest absolute Gasteiger partial charge is 0.303 e. The lowest BCUT2D eigenvalue weighted by Crippen LogP contribution is -2.70.